The second-order valence-corrected chi connectivity index (χ2v) is 3.80. The fourth-order valence-corrected chi connectivity index (χ4v) is 1.31. The number of rotatable bonds is 5. The summed E-state index contributed by atoms with van der Waals surface area (Å²) in [5, 5.41) is 8.76. The normalized spacial score (nSPS) is 13.9. The minimum absolute atomic E-state index is 0.116. The van der Waals surface area contributed by atoms with Gasteiger partial charge in [0, 0.05) is 6.04 Å². The van der Waals surface area contributed by atoms with Gasteiger partial charge in [-0.15, -0.1) is 0 Å². The second-order valence-electron chi connectivity index (χ2n) is 3.80. The van der Waals surface area contributed by atoms with Gasteiger partial charge in [0.25, 0.3) is 0 Å². The van der Waals surface area contributed by atoms with Crippen molar-refractivity contribution in [2.75, 3.05) is 7.11 Å². The van der Waals surface area contributed by atoms with Gasteiger partial charge in [0.15, 0.2) is 17.6 Å². The molecule has 1 aromatic carbocycles. The highest BCUT2D eigenvalue weighted by Crippen LogP contribution is 2.30. The third-order valence-corrected chi connectivity index (χ3v) is 2.36. The number of carboxylic acids is 1. The summed E-state index contributed by atoms with van der Waals surface area (Å²) in [6.07, 6.45) is -0.926. The summed E-state index contributed by atoms with van der Waals surface area (Å²) >= 11 is 0. The minimum Gasteiger partial charge on any atom is -0.493 e. The summed E-state index contributed by atoms with van der Waals surface area (Å²) in [5.41, 5.74) is 6.65. The van der Waals surface area contributed by atoms with Gasteiger partial charge in [0.2, 0.25) is 0 Å². The Morgan fingerprint density at radius 1 is 1.35 bits per heavy atom. The van der Waals surface area contributed by atoms with E-state index in [-0.39, 0.29) is 6.04 Å². The molecule has 0 heterocycles. The van der Waals surface area contributed by atoms with Crippen molar-refractivity contribution >= 4 is 5.97 Å². The predicted molar refractivity (Wildman–Crippen MR) is 63.3 cm³/mol. The molecule has 0 fully saturated rings. The van der Waals surface area contributed by atoms with Crippen molar-refractivity contribution in [1.82, 2.24) is 0 Å². The average Bonchev–Trinajstić information content (AvgIpc) is 2.28. The zero-order valence-corrected chi connectivity index (χ0v) is 10.1. The summed E-state index contributed by atoms with van der Waals surface area (Å²) in [4.78, 5) is 10.7. The Morgan fingerprint density at radius 2 is 2.00 bits per heavy atom. The molecule has 0 aliphatic rings. The monoisotopic (exact) mass is 239 g/mol. The van der Waals surface area contributed by atoms with E-state index < -0.39 is 12.1 Å². The van der Waals surface area contributed by atoms with E-state index in [2.05, 4.69) is 0 Å². The summed E-state index contributed by atoms with van der Waals surface area (Å²) in [6, 6.07) is 5.08. The van der Waals surface area contributed by atoms with Gasteiger partial charge < -0.3 is 20.3 Å². The molecular weight excluding hydrogens is 222 g/mol. The maximum atomic E-state index is 10.7. The number of nitrogens with two attached hydrogens (primary N) is 1. The van der Waals surface area contributed by atoms with Gasteiger partial charge in [-0.3, -0.25) is 0 Å². The van der Waals surface area contributed by atoms with Crippen LogP contribution in [0, 0.1) is 0 Å². The molecule has 0 saturated carbocycles. The van der Waals surface area contributed by atoms with Crippen molar-refractivity contribution in [2.45, 2.75) is 26.0 Å². The first-order chi connectivity index (χ1) is 7.95. The second kappa shape index (κ2) is 5.54. The van der Waals surface area contributed by atoms with E-state index >= 15 is 0 Å². The smallest absolute Gasteiger partial charge is 0.344 e. The molecule has 1 aromatic rings. The highest BCUT2D eigenvalue weighted by atomic mass is 16.5. The van der Waals surface area contributed by atoms with Crippen LogP contribution < -0.4 is 15.2 Å². The van der Waals surface area contributed by atoms with Crippen LogP contribution in [0.15, 0.2) is 18.2 Å². The summed E-state index contributed by atoms with van der Waals surface area (Å²) < 4.78 is 10.4. The SMILES string of the molecule is COc1cc([C@@H](C)N)ccc1OC(C)C(=O)O. The first-order valence-corrected chi connectivity index (χ1v) is 5.28. The van der Waals surface area contributed by atoms with E-state index in [4.69, 9.17) is 20.3 Å². The minimum atomic E-state index is -1.02. The van der Waals surface area contributed by atoms with Crippen LogP contribution in [0.5, 0.6) is 11.5 Å². The molecule has 0 spiro atoms. The van der Waals surface area contributed by atoms with Gasteiger partial charge >= 0.3 is 5.97 Å². The van der Waals surface area contributed by atoms with Crippen LogP contribution in [0.2, 0.25) is 0 Å². The fraction of sp³-hybridized carbons (Fsp3) is 0.417. The molecule has 0 aromatic heterocycles. The Hall–Kier alpha value is -1.75. The van der Waals surface area contributed by atoms with Gasteiger partial charge in [-0.1, -0.05) is 6.07 Å². The Bertz CT molecular complexity index is 403. The first kappa shape index (κ1) is 13.3. The van der Waals surface area contributed by atoms with Crippen molar-refractivity contribution in [2.24, 2.45) is 5.73 Å². The molecule has 0 radical (unpaired) electrons. The number of carbonyl (C=O) groups is 1. The lowest BCUT2D eigenvalue weighted by Crippen LogP contribution is -2.23. The van der Waals surface area contributed by atoms with Crippen molar-refractivity contribution in [3.05, 3.63) is 23.8 Å². The molecule has 0 saturated heterocycles. The summed E-state index contributed by atoms with van der Waals surface area (Å²) in [5.74, 6) is -0.150. The molecule has 0 aliphatic heterocycles. The third kappa shape index (κ3) is 3.35. The summed E-state index contributed by atoms with van der Waals surface area (Å²) in [6.45, 7) is 3.32. The average molecular weight is 239 g/mol. The lowest BCUT2D eigenvalue weighted by molar-refractivity contribution is -0.144. The topological polar surface area (TPSA) is 81.8 Å². The number of hydrogen-bond donors (Lipinski definition) is 2. The van der Waals surface area contributed by atoms with Crippen LogP contribution in [0.1, 0.15) is 25.5 Å². The molecule has 1 unspecified atom stereocenters. The van der Waals surface area contributed by atoms with Crippen molar-refractivity contribution in [1.29, 1.82) is 0 Å². The molecule has 2 atom stereocenters. The van der Waals surface area contributed by atoms with E-state index in [9.17, 15) is 4.79 Å². The van der Waals surface area contributed by atoms with Crippen LogP contribution in [-0.4, -0.2) is 24.3 Å². The predicted octanol–water partition coefficient (Wildman–Crippen LogP) is 1.57. The van der Waals surface area contributed by atoms with Gasteiger partial charge in [-0.2, -0.15) is 0 Å². The van der Waals surface area contributed by atoms with Crippen molar-refractivity contribution < 1.29 is 19.4 Å². The van der Waals surface area contributed by atoms with Crippen LogP contribution >= 0.6 is 0 Å². The number of ether oxygens (including phenoxy) is 2. The quantitative estimate of drug-likeness (QED) is 0.815. The zero-order valence-electron chi connectivity index (χ0n) is 10.1. The molecule has 0 bridgehead atoms. The molecular formula is C12H17NO4. The van der Waals surface area contributed by atoms with Gasteiger partial charge in [-0.05, 0) is 31.5 Å². The van der Waals surface area contributed by atoms with Crippen LogP contribution in [-0.2, 0) is 4.79 Å². The molecule has 5 nitrogen and oxygen atoms in total. The number of hydrogen-bond acceptors (Lipinski definition) is 4. The number of aliphatic carboxylic acids is 1. The van der Waals surface area contributed by atoms with Gasteiger partial charge in [0.05, 0.1) is 7.11 Å². The lowest BCUT2D eigenvalue weighted by Gasteiger charge is -2.15. The molecule has 1 rings (SSSR count). The number of carboxylic acid groups (broad SMARTS) is 1. The molecule has 17 heavy (non-hydrogen) atoms. The van der Waals surface area contributed by atoms with Crippen molar-refractivity contribution in [3.63, 3.8) is 0 Å². The number of methoxy groups -OCH3 is 1. The Morgan fingerprint density at radius 3 is 2.47 bits per heavy atom. The molecule has 94 valence electrons. The largest absolute Gasteiger partial charge is 0.493 e. The van der Waals surface area contributed by atoms with Crippen LogP contribution in [0.25, 0.3) is 0 Å². The van der Waals surface area contributed by atoms with Crippen molar-refractivity contribution in [3.8, 4) is 11.5 Å². The molecule has 0 amide bonds. The van der Waals surface area contributed by atoms with Gasteiger partial charge in [-0.25, -0.2) is 4.79 Å². The standard InChI is InChI=1S/C12H17NO4/c1-7(13)9-4-5-10(11(6-9)16-3)17-8(2)12(14)15/h4-8H,13H2,1-3H3,(H,14,15)/t7-,8?/m1/s1. The van der Waals surface area contributed by atoms with E-state index in [1.54, 1.807) is 18.2 Å². The van der Waals surface area contributed by atoms with E-state index in [0.29, 0.717) is 11.5 Å². The summed E-state index contributed by atoms with van der Waals surface area (Å²) in [7, 11) is 1.50. The first-order valence-electron chi connectivity index (χ1n) is 5.28. The molecule has 5 heteroatoms. The molecule has 3 N–H and O–H groups in total. The highest BCUT2D eigenvalue weighted by molar-refractivity contribution is 5.72. The Balaban J connectivity index is 2.96. The maximum absolute atomic E-state index is 10.7. The third-order valence-electron chi connectivity index (χ3n) is 2.36. The maximum Gasteiger partial charge on any atom is 0.344 e. The molecule has 0 aliphatic carbocycles. The lowest BCUT2D eigenvalue weighted by atomic mass is 10.1. The number of benzene rings is 1. The highest BCUT2D eigenvalue weighted by Gasteiger charge is 2.16. The zero-order chi connectivity index (χ0) is 13.0. The van der Waals surface area contributed by atoms with E-state index in [1.165, 1.54) is 14.0 Å². The Kier molecular flexibility index (Phi) is 4.34. The van der Waals surface area contributed by atoms with Gasteiger partial charge in [0.1, 0.15) is 0 Å². The van der Waals surface area contributed by atoms with E-state index in [0.717, 1.165) is 5.56 Å². The fourth-order valence-electron chi connectivity index (χ4n) is 1.31. The van der Waals surface area contributed by atoms with Crippen LogP contribution in [0.3, 0.4) is 0 Å². The van der Waals surface area contributed by atoms with E-state index in [1.807, 2.05) is 6.92 Å². The van der Waals surface area contributed by atoms with Crippen LogP contribution in [0.4, 0.5) is 0 Å². The Labute approximate surface area is 100 Å².